The molecule has 2 aliphatic rings. The Balaban J connectivity index is 1.37. The van der Waals surface area contributed by atoms with Gasteiger partial charge in [-0.15, -0.1) is 0 Å². The zero-order valence-electron chi connectivity index (χ0n) is 28.7. The van der Waals surface area contributed by atoms with Gasteiger partial charge in [0.2, 0.25) is 0 Å². The van der Waals surface area contributed by atoms with E-state index in [0.717, 1.165) is 33.2 Å². The van der Waals surface area contributed by atoms with Gasteiger partial charge in [-0.1, -0.05) is 145 Å². The molecule has 10 rings (SSSR count). The Morgan fingerprint density at radius 3 is 1.73 bits per heavy atom. The van der Waals surface area contributed by atoms with Crippen LogP contribution >= 0.6 is 11.6 Å². The summed E-state index contributed by atoms with van der Waals surface area (Å²) in [5, 5.41) is 0.728. The summed E-state index contributed by atoms with van der Waals surface area (Å²) in [6, 6.07) is 68.8. The van der Waals surface area contributed by atoms with Crippen LogP contribution < -0.4 is 4.90 Å². The lowest BCUT2D eigenvalue weighted by atomic mass is 9.70. The third-order valence-electron chi connectivity index (χ3n) is 11.0. The SMILES string of the molecule is Cc1cccc(N(c2ccccc2)c2cc(-c3ccc(Cl)cc3)cc3c2-c2ccccc2C32c3ccccc3-c3ccc(-c4ccccc4)cc32)c1. The fourth-order valence-electron chi connectivity index (χ4n) is 8.81. The third-order valence-corrected chi connectivity index (χ3v) is 11.2. The first-order valence-electron chi connectivity index (χ1n) is 17.9. The Labute approximate surface area is 310 Å². The highest BCUT2D eigenvalue weighted by Crippen LogP contribution is 2.65. The summed E-state index contributed by atoms with van der Waals surface area (Å²) in [6.45, 7) is 2.17. The number of aryl methyl sites for hydroxylation is 1. The van der Waals surface area contributed by atoms with Gasteiger partial charge in [-0.25, -0.2) is 0 Å². The summed E-state index contributed by atoms with van der Waals surface area (Å²) in [6.07, 6.45) is 0. The third kappa shape index (κ3) is 4.56. The molecule has 0 aromatic heterocycles. The van der Waals surface area contributed by atoms with E-state index < -0.39 is 5.41 Å². The van der Waals surface area contributed by atoms with Gasteiger partial charge in [-0.2, -0.15) is 0 Å². The first-order valence-corrected chi connectivity index (χ1v) is 18.2. The molecule has 1 atom stereocenters. The number of benzene rings is 8. The van der Waals surface area contributed by atoms with E-state index in [0.29, 0.717) is 0 Å². The Bertz CT molecular complexity index is 2640. The highest BCUT2D eigenvalue weighted by atomic mass is 35.5. The monoisotopic (exact) mass is 683 g/mol. The van der Waals surface area contributed by atoms with Crippen LogP contribution in [0.2, 0.25) is 5.02 Å². The number of hydrogen-bond donors (Lipinski definition) is 0. The molecule has 0 bridgehead atoms. The molecular weight excluding hydrogens is 650 g/mol. The number of hydrogen-bond acceptors (Lipinski definition) is 1. The van der Waals surface area contributed by atoms with Crippen molar-refractivity contribution >= 4 is 28.7 Å². The first kappa shape index (κ1) is 30.7. The second-order valence-corrected chi connectivity index (χ2v) is 14.3. The standard InChI is InChI=1S/C50H34ClN/c1-33-13-12-18-40(29-33)52(39-16-6-3-7-17-39)48-32-37(35-23-26-38(51)27-24-35)31-47-49(48)43-20-9-11-22-45(43)50(47)44-21-10-8-19-41(44)42-28-25-36(30-46(42)50)34-14-4-2-5-15-34/h2-32H,1H3. The minimum absolute atomic E-state index is 0.533. The Hall–Kier alpha value is -6.15. The molecule has 2 heteroatoms. The molecule has 0 saturated carbocycles. The molecular formula is C50H34ClN. The van der Waals surface area contributed by atoms with E-state index in [1.807, 2.05) is 12.1 Å². The summed E-state index contributed by atoms with van der Waals surface area (Å²) in [5.74, 6) is 0. The normalized spacial score (nSPS) is 14.8. The lowest BCUT2D eigenvalue weighted by molar-refractivity contribution is 0.794. The van der Waals surface area contributed by atoms with E-state index in [2.05, 4.69) is 188 Å². The van der Waals surface area contributed by atoms with Gasteiger partial charge < -0.3 is 4.90 Å². The largest absolute Gasteiger partial charge is 0.310 e. The van der Waals surface area contributed by atoms with Crippen molar-refractivity contribution in [1.29, 1.82) is 0 Å². The van der Waals surface area contributed by atoms with Crippen LogP contribution in [0.3, 0.4) is 0 Å². The van der Waals surface area contributed by atoms with Crippen molar-refractivity contribution in [2.45, 2.75) is 12.3 Å². The topological polar surface area (TPSA) is 3.24 Å². The van der Waals surface area contributed by atoms with E-state index in [1.54, 1.807) is 0 Å². The van der Waals surface area contributed by atoms with Gasteiger partial charge in [0.05, 0.1) is 11.1 Å². The predicted octanol–water partition coefficient (Wildman–Crippen LogP) is 13.8. The van der Waals surface area contributed by atoms with Crippen LogP contribution in [-0.4, -0.2) is 0 Å². The summed E-state index contributed by atoms with van der Waals surface area (Å²) < 4.78 is 0. The van der Waals surface area contributed by atoms with Crippen LogP contribution in [0.5, 0.6) is 0 Å². The van der Waals surface area contributed by atoms with Crippen molar-refractivity contribution in [1.82, 2.24) is 0 Å². The van der Waals surface area contributed by atoms with Gasteiger partial charge in [0.15, 0.2) is 0 Å². The number of halogens is 1. The highest BCUT2D eigenvalue weighted by molar-refractivity contribution is 6.30. The average molecular weight is 684 g/mol. The van der Waals surface area contributed by atoms with Gasteiger partial charge in [0.1, 0.15) is 0 Å². The maximum absolute atomic E-state index is 6.48. The van der Waals surface area contributed by atoms with Crippen molar-refractivity contribution in [3.8, 4) is 44.5 Å². The van der Waals surface area contributed by atoms with Gasteiger partial charge >= 0.3 is 0 Å². The fourth-order valence-corrected chi connectivity index (χ4v) is 8.93. The molecule has 0 amide bonds. The number of rotatable bonds is 5. The predicted molar refractivity (Wildman–Crippen MR) is 218 cm³/mol. The van der Waals surface area contributed by atoms with Crippen molar-refractivity contribution in [2.24, 2.45) is 0 Å². The van der Waals surface area contributed by atoms with Crippen molar-refractivity contribution < 1.29 is 0 Å². The Morgan fingerprint density at radius 2 is 0.981 bits per heavy atom. The van der Waals surface area contributed by atoms with Crippen LogP contribution in [0.4, 0.5) is 17.1 Å². The minimum atomic E-state index is -0.533. The summed E-state index contributed by atoms with van der Waals surface area (Å²) in [5.41, 5.74) is 19.1. The van der Waals surface area contributed by atoms with Crippen LogP contribution in [-0.2, 0) is 5.41 Å². The molecule has 1 unspecified atom stereocenters. The molecule has 8 aromatic carbocycles. The van der Waals surface area contributed by atoms with Gasteiger partial charge in [0.25, 0.3) is 0 Å². The zero-order chi connectivity index (χ0) is 34.8. The number of para-hydroxylation sites is 1. The molecule has 8 aromatic rings. The smallest absolute Gasteiger partial charge is 0.0726 e. The van der Waals surface area contributed by atoms with Crippen LogP contribution in [0.25, 0.3) is 44.5 Å². The van der Waals surface area contributed by atoms with Crippen molar-refractivity contribution in [3.05, 3.63) is 221 Å². The van der Waals surface area contributed by atoms with Crippen LogP contribution in [0.1, 0.15) is 27.8 Å². The lowest BCUT2D eigenvalue weighted by Crippen LogP contribution is -2.26. The minimum Gasteiger partial charge on any atom is -0.310 e. The van der Waals surface area contributed by atoms with Crippen LogP contribution in [0.15, 0.2) is 188 Å². The maximum Gasteiger partial charge on any atom is 0.0726 e. The highest BCUT2D eigenvalue weighted by Gasteiger charge is 2.52. The van der Waals surface area contributed by atoms with Gasteiger partial charge in [-0.3, -0.25) is 0 Å². The molecule has 1 nitrogen and oxygen atoms in total. The Morgan fingerprint density at radius 1 is 0.404 bits per heavy atom. The van der Waals surface area contributed by atoms with Crippen LogP contribution in [0, 0.1) is 6.92 Å². The molecule has 2 aliphatic carbocycles. The van der Waals surface area contributed by atoms with E-state index >= 15 is 0 Å². The van der Waals surface area contributed by atoms with Gasteiger partial charge in [-0.05, 0) is 128 Å². The molecule has 0 N–H and O–H groups in total. The average Bonchev–Trinajstić information content (AvgIpc) is 3.66. The van der Waals surface area contributed by atoms with Crippen molar-refractivity contribution in [2.75, 3.05) is 4.90 Å². The van der Waals surface area contributed by atoms with E-state index in [4.69, 9.17) is 11.6 Å². The van der Waals surface area contributed by atoms with Gasteiger partial charge in [0, 0.05) is 22.0 Å². The number of fused-ring (bicyclic) bond motifs is 10. The van der Waals surface area contributed by atoms with E-state index in [9.17, 15) is 0 Å². The van der Waals surface area contributed by atoms with E-state index in [-0.39, 0.29) is 0 Å². The second kappa shape index (κ2) is 12.0. The molecule has 1 spiro atoms. The second-order valence-electron chi connectivity index (χ2n) is 13.9. The summed E-state index contributed by atoms with van der Waals surface area (Å²) in [7, 11) is 0. The zero-order valence-corrected chi connectivity index (χ0v) is 29.5. The maximum atomic E-state index is 6.48. The molecule has 0 radical (unpaired) electrons. The molecule has 0 heterocycles. The number of nitrogens with zero attached hydrogens (tertiary/aromatic N) is 1. The molecule has 0 aliphatic heterocycles. The van der Waals surface area contributed by atoms with E-state index in [1.165, 1.54) is 61.2 Å². The molecule has 0 saturated heterocycles. The quantitative estimate of drug-likeness (QED) is 0.174. The Kier molecular flexibility index (Phi) is 7.06. The van der Waals surface area contributed by atoms with Crippen molar-refractivity contribution in [3.63, 3.8) is 0 Å². The molecule has 52 heavy (non-hydrogen) atoms. The molecule has 0 fully saturated rings. The number of anilines is 3. The fraction of sp³-hybridized carbons (Fsp3) is 0.0400. The summed E-state index contributed by atoms with van der Waals surface area (Å²) >= 11 is 6.48. The molecule has 246 valence electrons. The first-order chi connectivity index (χ1) is 25.6. The lowest BCUT2D eigenvalue weighted by Gasteiger charge is -2.33. The summed E-state index contributed by atoms with van der Waals surface area (Å²) in [4.78, 5) is 2.45.